The van der Waals surface area contributed by atoms with Gasteiger partial charge in [-0.3, -0.25) is 0 Å². The molecule has 3 nitrogen and oxygen atoms in total. The summed E-state index contributed by atoms with van der Waals surface area (Å²) in [6.45, 7) is 2.85. The van der Waals surface area contributed by atoms with Crippen molar-refractivity contribution in [2.75, 3.05) is 11.9 Å². The molecule has 0 spiro atoms. The maximum atomic E-state index is 6.06. The summed E-state index contributed by atoms with van der Waals surface area (Å²) in [6.07, 6.45) is 2.94. The molecule has 0 saturated carbocycles. The third kappa shape index (κ3) is 2.62. The Morgan fingerprint density at radius 2 is 2.47 bits per heavy atom. The van der Waals surface area contributed by atoms with Crippen molar-refractivity contribution in [2.24, 2.45) is 0 Å². The largest absolute Gasteiger partial charge is 0.376 e. The number of nitrogens with zero attached hydrogens (tertiary/aromatic N) is 1. The van der Waals surface area contributed by atoms with Crippen LogP contribution in [0.15, 0.2) is 16.7 Å². The normalized spacial score (nSPS) is 25.5. The number of ether oxygens (including phenoxy) is 1. The molecule has 0 radical (unpaired) electrons. The summed E-state index contributed by atoms with van der Waals surface area (Å²) in [4.78, 5) is 4.23. The maximum absolute atomic E-state index is 6.06. The van der Waals surface area contributed by atoms with E-state index in [1.165, 1.54) is 0 Å². The molecule has 82 valence electrons. The lowest BCUT2D eigenvalue weighted by molar-refractivity contribution is 0.121. The first-order valence-corrected chi connectivity index (χ1v) is 6.03. The molecule has 2 atom stereocenters. The van der Waals surface area contributed by atoms with Crippen LogP contribution in [-0.4, -0.2) is 23.7 Å². The van der Waals surface area contributed by atoms with Crippen LogP contribution in [-0.2, 0) is 4.74 Å². The van der Waals surface area contributed by atoms with E-state index in [0.29, 0.717) is 11.1 Å². The number of hydrogen-bond donors (Lipinski definition) is 1. The van der Waals surface area contributed by atoms with Crippen molar-refractivity contribution in [2.45, 2.75) is 25.5 Å². The van der Waals surface area contributed by atoms with E-state index in [9.17, 15) is 0 Å². The highest BCUT2D eigenvalue weighted by Crippen LogP contribution is 2.25. The van der Waals surface area contributed by atoms with E-state index in [2.05, 4.69) is 33.2 Å². The number of halogens is 2. The van der Waals surface area contributed by atoms with Crippen LogP contribution in [0.25, 0.3) is 0 Å². The quantitative estimate of drug-likeness (QED) is 0.909. The number of rotatable bonds is 2. The summed E-state index contributed by atoms with van der Waals surface area (Å²) in [5.41, 5.74) is 0. The first-order valence-electron chi connectivity index (χ1n) is 4.86. The Balaban J connectivity index is 2.10. The van der Waals surface area contributed by atoms with Gasteiger partial charge in [0.05, 0.1) is 17.2 Å². The molecule has 0 aliphatic carbocycles. The van der Waals surface area contributed by atoms with Gasteiger partial charge in [0.15, 0.2) is 0 Å². The number of aromatic nitrogens is 1. The molecule has 1 saturated heterocycles. The monoisotopic (exact) mass is 290 g/mol. The minimum absolute atomic E-state index is 0.214. The Labute approximate surface area is 102 Å². The van der Waals surface area contributed by atoms with Crippen LogP contribution in [0.3, 0.4) is 0 Å². The molecule has 2 heterocycles. The molecular weight excluding hydrogens is 279 g/mol. The molecule has 1 aliphatic rings. The highest BCUT2D eigenvalue weighted by atomic mass is 79.9. The molecule has 1 aliphatic heterocycles. The first kappa shape index (κ1) is 11.2. The van der Waals surface area contributed by atoms with Gasteiger partial charge in [0.1, 0.15) is 5.82 Å². The predicted octanol–water partition coefficient (Wildman–Crippen LogP) is 3.09. The highest BCUT2D eigenvalue weighted by molar-refractivity contribution is 9.10. The van der Waals surface area contributed by atoms with Crippen LogP contribution < -0.4 is 5.32 Å². The topological polar surface area (TPSA) is 34.1 Å². The Bertz CT molecular complexity index is 361. The SMILES string of the molecule is CC1OCCC1Nc1ncc(Br)cc1Cl. The van der Waals surface area contributed by atoms with Gasteiger partial charge in [-0.2, -0.15) is 0 Å². The number of nitrogens with one attached hydrogen (secondary N) is 1. The van der Waals surface area contributed by atoms with Crippen molar-refractivity contribution in [1.29, 1.82) is 0 Å². The van der Waals surface area contributed by atoms with Gasteiger partial charge in [-0.05, 0) is 35.3 Å². The van der Waals surface area contributed by atoms with Gasteiger partial charge >= 0.3 is 0 Å². The zero-order chi connectivity index (χ0) is 10.8. The van der Waals surface area contributed by atoms with Crippen LogP contribution in [0.1, 0.15) is 13.3 Å². The molecule has 2 unspecified atom stereocenters. The third-order valence-electron chi connectivity index (χ3n) is 2.51. The molecular formula is C10H12BrClN2O. The van der Waals surface area contributed by atoms with E-state index in [1.807, 2.05) is 6.07 Å². The van der Waals surface area contributed by atoms with Crippen LogP contribution in [0.2, 0.25) is 5.02 Å². The summed E-state index contributed by atoms with van der Waals surface area (Å²) in [6, 6.07) is 2.13. The van der Waals surface area contributed by atoms with Gasteiger partial charge in [0.25, 0.3) is 0 Å². The number of anilines is 1. The molecule has 5 heteroatoms. The smallest absolute Gasteiger partial charge is 0.145 e. The second-order valence-electron chi connectivity index (χ2n) is 3.60. The number of hydrogen-bond acceptors (Lipinski definition) is 3. The molecule has 0 amide bonds. The summed E-state index contributed by atoms with van der Waals surface area (Å²) < 4.78 is 6.34. The standard InChI is InChI=1S/C10H12BrClN2O/c1-6-9(2-3-15-6)14-10-8(12)4-7(11)5-13-10/h4-6,9H,2-3H2,1H3,(H,13,14). The van der Waals surface area contributed by atoms with E-state index < -0.39 is 0 Å². The molecule has 0 bridgehead atoms. The van der Waals surface area contributed by atoms with E-state index in [-0.39, 0.29) is 6.10 Å². The summed E-state index contributed by atoms with van der Waals surface area (Å²) >= 11 is 9.38. The van der Waals surface area contributed by atoms with Gasteiger partial charge < -0.3 is 10.1 Å². The zero-order valence-corrected chi connectivity index (χ0v) is 10.7. The van der Waals surface area contributed by atoms with E-state index in [4.69, 9.17) is 16.3 Å². The molecule has 2 rings (SSSR count). The van der Waals surface area contributed by atoms with Crippen LogP contribution in [0.4, 0.5) is 5.82 Å². The molecule has 1 aromatic heterocycles. The average molecular weight is 292 g/mol. The fourth-order valence-corrected chi connectivity index (χ4v) is 2.30. The van der Waals surface area contributed by atoms with Gasteiger partial charge in [0.2, 0.25) is 0 Å². The summed E-state index contributed by atoms with van der Waals surface area (Å²) in [7, 11) is 0. The summed E-state index contributed by atoms with van der Waals surface area (Å²) in [5, 5.41) is 3.93. The Morgan fingerprint density at radius 1 is 1.67 bits per heavy atom. The van der Waals surface area contributed by atoms with Crippen molar-refractivity contribution in [3.05, 3.63) is 21.8 Å². The van der Waals surface area contributed by atoms with Gasteiger partial charge in [-0.1, -0.05) is 11.6 Å². The fraction of sp³-hybridized carbons (Fsp3) is 0.500. The molecule has 15 heavy (non-hydrogen) atoms. The fourth-order valence-electron chi connectivity index (χ4n) is 1.62. The van der Waals surface area contributed by atoms with Crippen LogP contribution >= 0.6 is 27.5 Å². The first-order chi connectivity index (χ1) is 7.16. The van der Waals surface area contributed by atoms with Crippen LogP contribution in [0.5, 0.6) is 0 Å². The molecule has 0 aromatic carbocycles. The van der Waals surface area contributed by atoms with Gasteiger partial charge in [0, 0.05) is 17.3 Å². The van der Waals surface area contributed by atoms with Crippen molar-refractivity contribution in [3.63, 3.8) is 0 Å². The molecule has 1 fully saturated rings. The van der Waals surface area contributed by atoms with Crippen LogP contribution in [0, 0.1) is 0 Å². The lowest BCUT2D eigenvalue weighted by atomic mass is 10.1. The summed E-state index contributed by atoms with van der Waals surface area (Å²) in [5.74, 6) is 0.724. The number of pyridine rings is 1. The second kappa shape index (κ2) is 4.68. The van der Waals surface area contributed by atoms with E-state index in [1.54, 1.807) is 6.20 Å². The lowest BCUT2D eigenvalue weighted by Crippen LogP contribution is -2.27. The minimum Gasteiger partial charge on any atom is -0.376 e. The maximum Gasteiger partial charge on any atom is 0.145 e. The van der Waals surface area contributed by atoms with Gasteiger partial charge in [-0.15, -0.1) is 0 Å². The molecule has 1 aromatic rings. The van der Waals surface area contributed by atoms with Gasteiger partial charge in [-0.25, -0.2) is 4.98 Å². The Morgan fingerprint density at radius 3 is 3.07 bits per heavy atom. The van der Waals surface area contributed by atoms with Crippen molar-refractivity contribution in [3.8, 4) is 0 Å². The van der Waals surface area contributed by atoms with Crippen molar-refractivity contribution < 1.29 is 4.74 Å². The highest BCUT2D eigenvalue weighted by Gasteiger charge is 2.24. The Kier molecular flexibility index (Phi) is 3.49. The van der Waals surface area contributed by atoms with Crippen molar-refractivity contribution >= 4 is 33.3 Å². The lowest BCUT2D eigenvalue weighted by Gasteiger charge is -2.17. The Hall–Kier alpha value is -0.320. The van der Waals surface area contributed by atoms with E-state index in [0.717, 1.165) is 23.3 Å². The molecule has 1 N–H and O–H groups in total. The third-order valence-corrected chi connectivity index (χ3v) is 3.23. The second-order valence-corrected chi connectivity index (χ2v) is 4.92. The van der Waals surface area contributed by atoms with Crippen molar-refractivity contribution in [1.82, 2.24) is 4.98 Å². The van der Waals surface area contributed by atoms with E-state index >= 15 is 0 Å². The zero-order valence-electron chi connectivity index (χ0n) is 8.34. The predicted molar refractivity (Wildman–Crippen MR) is 64.4 cm³/mol. The minimum atomic E-state index is 0.214. The average Bonchev–Trinajstić information content (AvgIpc) is 2.57.